The Kier molecular flexibility index (Phi) is 12.6. The molecular weight excluding hydrogens is 657 g/mol. The molecule has 0 fully saturated rings. The van der Waals surface area contributed by atoms with Gasteiger partial charge in [0.25, 0.3) is 15.9 Å². The van der Waals surface area contributed by atoms with Crippen molar-refractivity contribution in [2.24, 2.45) is 5.92 Å². The summed E-state index contributed by atoms with van der Waals surface area (Å²) in [5, 5.41) is 16.9. The normalized spacial score (nSPS) is 20.0. The van der Waals surface area contributed by atoms with Crippen molar-refractivity contribution in [1.82, 2.24) is 15.0 Å². The van der Waals surface area contributed by atoms with Crippen molar-refractivity contribution in [3.8, 4) is 5.75 Å². The van der Waals surface area contributed by atoms with E-state index in [9.17, 15) is 27.5 Å². The van der Waals surface area contributed by atoms with E-state index in [0.717, 1.165) is 37.1 Å². The summed E-state index contributed by atoms with van der Waals surface area (Å²) in [6.07, 6.45) is 1.41. The zero-order chi connectivity index (χ0) is 35.9. The molecule has 3 amide bonds. The lowest BCUT2D eigenvalue weighted by atomic mass is 10.0. The van der Waals surface area contributed by atoms with Crippen molar-refractivity contribution in [2.75, 3.05) is 43.4 Å². The van der Waals surface area contributed by atoms with Crippen LogP contribution in [-0.4, -0.2) is 92.0 Å². The number of carbonyl (C=O) groups excluding carboxylic acids is 2. The first-order chi connectivity index (χ1) is 23.2. The Morgan fingerprint density at radius 1 is 1.16 bits per heavy atom. The summed E-state index contributed by atoms with van der Waals surface area (Å²) < 4.78 is 59.8. The molecule has 268 valence electrons. The van der Waals surface area contributed by atoms with Gasteiger partial charge in [0, 0.05) is 38.3 Å². The second-order valence-corrected chi connectivity index (χ2v) is 14.3. The van der Waals surface area contributed by atoms with E-state index in [1.54, 1.807) is 33.9 Å². The van der Waals surface area contributed by atoms with E-state index in [-0.39, 0.29) is 59.6 Å². The van der Waals surface area contributed by atoms with Gasteiger partial charge in [-0.15, -0.1) is 0 Å². The summed E-state index contributed by atoms with van der Waals surface area (Å²) >= 11 is 0. The van der Waals surface area contributed by atoms with Crippen LogP contribution in [0.1, 0.15) is 61.8 Å². The number of fused-ring (bicyclic) bond motifs is 1. The number of aliphatic hydroxyl groups excluding tert-OH is 1. The quantitative estimate of drug-likeness (QED) is 0.287. The van der Waals surface area contributed by atoms with Gasteiger partial charge in [-0.3, -0.25) is 9.52 Å². The fourth-order valence-electron chi connectivity index (χ4n) is 5.49. The molecule has 1 aliphatic rings. The van der Waals surface area contributed by atoms with Gasteiger partial charge >= 0.3 is 6.03 Å². The number of amides is 3. The molecule has 0 saturated carbocycles. The van der Waals surface area contributed by atoms with Crippen molar-refractivity contribution in [1.29, 1.82) is 0 Å². The number of hydrogen-bond donors (Lipinski definition) is 3. The molecule has 0 radical (unpaired) electrons. The van der Waals surface area contributed by atoms with Crippen LogP contribution in [-0.2, 0) is 14.8 Å². The fourth-order valence-corrected chi connectivity index (χ4v) is 6.54. The Morgan fingerprint density at radius 3 is 2.53 bits per heavy atom. The first kappa shape index (κ1) is 37.6. The monoisotopic (exact) mass is 703 g/mol. The SMILES string of the molecule is Cc1noc(C)c1NC(=O)N(C)C[C@H]1OCCCC[C@@H](C)Oc2ccc(NS(=O)(=O)c3ccc(F)cc3)cc2C(=O)N([C@H](C)CO)C[C@@H]1C. The zero-order valence-corrected chi connectivity index (χ0v) is 29.5. The predicted molar refractivity (Wildman–Crippen MR) is 182 cm³/mol. The van der Waals surface area contributed by atoms with Crippen molar-refractivity contribution < 1.29 is 41.5 Å². The highest BCUT2D eigenvalue weighted by molar-refractivity contribution is 7.92. The first-order valence-corrected chi connectivity index (χ1v) is 17.8. The van der Waals surface area contributed by atoms with E-state index in [2.05, 4.69) is 15.2 Å². The summed E-state index contributed by atoms with van der Waals surface area (Å²) in [4.78, 5) is 30.4. The van der Waals surface area contributed by atoms with Crippen LogP contribution >= 0.6 is 0 Å². The van der Waals surface area contributed by atoms with Crippen LogP contribution in [0.5, 0.6) is 5.75 Å². The lowest BCUT2D eigenvalue weighted by Crippen LogP contribution is -2.48. The molecule has 2 heterocycles. The number of rotatable bonds is 8. The molecule has 13 nitrogen and oxygen atoms in total. The van der Waals surface area contributed by atoms with Crippen molar-refractivity contribution in [2.45, 2.75) is 77.0 Å². The molecule has 4 rings (SSSR count). The number of aliphatic hydroxyl groups is 1. The van der Waals surface area contributed by atoms with Crippen LogP contribution in [0.15, 0.2) is 51.9 Å². The maximum atomic E-state index is 14.3. The van der Waals surface area contributed by atoms with E-state index < -0.39 is 33.9 Å². The number of carbonyl (C=O) groups is 2. The van der Waals surface area contributed by atoms with E-state index in [0.29, 0.717) is 30.2 Å². The van der Waals surface area contributed by atoms with Crippen molar-refractivity contribution in [3.05, 3.63) is 65.3 Å². The number of nitrogens with one attached hydrogen (secondary N) is 2. The molecule has 1 aromatic heterocycles. The molecule has 0 saturated heterocycles. The molecule has 0 unspecified atom stereocenters. The van der Waals surface area contributed by atoms with Crippen LogP contribution in [0.3, 0.4) is 0 Å². The summed E-state index contributed by atoms with van der Waals surface area (Å²) in [7, 11) is -2.46. The summed E-state index contributed by atoms with van der Waals surface area (Å²) in [6, 6.07) is 7.83. The maximum absolute atomic E-state index is 14.3. The van der Waals surface area contributed by atoms with Crippen LogP contribution < -0.4 is 14.8 Å². The summed E-state index contributed by atoms with van der Waals surface area (Å²) in [5.41, 5.74) is 1.26. The Hall–Kier alpha value is -4.21. The molecule has 49 heavy (non-hydrogen) atoms. The number of anilines is 2. The number of aromatic nitrogens is 1. The largest absolute Gasteiger partial charge is 0.490 e. The van der Waals surface area contributed by atoms with Gasteiger partial charge < -0.3 is 34.2 Å². The maximum Gasteiger partial charge on any atom is 0.321 e. The molecule has 0 spiro atoms. The van der Waals surface area contributed by atoms with Gasteiger partial charge in [0.2, 0.25) is 0 Å². The van der Waals surface area contributed by atoms with Gasteiger partial charge in [-0.1, -0.05) is 12.1 Å². The fraction of sp³-hybridized carbons (Fsp3) is 0.500. The average molecular weight is 704 g/mol. The Labute approximate surface area is 286 Å². The lowest BCUT2D eigenvalue weighted by Gasteiger charge is -2.35. The number of ether oxygens (including phenoxy) is 2. The van der Waals surface area contributed by atoms with Crippen molar-refractivity contribution >= 4 is 33.3 Å². The third-order valence-electron chi connectivity index (χ3n) is 8.49. The van der Waals surface area contributed by atoms with Gasteiger partial charge in [-0.05, 0) is 89.4 Å². The summed E-state index contributed by atoms with van der Waals surface area (Å²) in [6.45, 7) is 9.38. The van der Waals surface area contributed by atoms with Crippen LogP contribution in [0, 0.1) is 25.6 Å². The molecule has 1 aliphatic heterocycles. The predicted octanol–water partition coefficient (Wildman–Crippen LogP) is 5.19. The van der Waals surface area contributed by atoms with Crippen LogP contribution in [0.2, 0.25) is 0 Å². The van der Waals surface area contributed by atoms with Gasteiger partial charge in [0.05, 0.1) is 35.3 Å². The van der Waals surface area contributed by atoms with Gasteiger partial charge in [-0.2, -0.15) is 0 Å². The number of benzene rings is 2. The number of sulfonamides is 1. The number of aryl methyl sites for hydroxylation is 2. The Morgan fingerprint density at radius 2 is 1.88 bits per heavy atom. The molecule has 15 heteroatoms. The molecule has 0 aliphatic carbocycles. The second-order valence-electron chi connectivity index (χ2n) is 12.6. The highest BCUT2D eigenvalue weighted by Crippen LogP contribution is 2.30. The highest BCUT2D eigenvalue weighted by atomic mass is 32.2. The van der Waals surface area contributed by atoms with E-state index in [4.69, 9.17) is 14.0 Å². The molecule has 0 bridgehead atoms. The third kappa shape index (κ3) is 9.70. The standard InChI is InChI=1S/C34H46FN5O8S/c1-21-18-40(22(2)20-41)33(42)29-17-27(38-49(44,45)28-13-10-26(35)11-14-28)12-15-30(29)47-23(3)9-7-8-16-46-31(21)19-39(6)34(43)36-32-24(4)37-48-25(32)5/h10-15,17,21-23,31,38,41H,7-9,16,18-20H2,1-6H3,(H,36,43)/t21-,22+,23+,31+/m0/s1. The summed E-state index contributed by atoms with van der Waals surface area (Å²) in [5.74, 6) is -0.615. The highest BCUT2D eigenvalue weighted by Gasteiger charge is 2.31. The average Bonchev–Trinajstić information content (AvgIpc) is 3.38. The van der Waals surface area contributed by atoms with Gasteiger partial charge in [-0.25, -0.2) is 17.6 Å². The topological polar surface area (TPSA) is 164 Å². The van der Waals surface area contributed by atoms with Gasteiger partial charge in [0.15, 0.2) is 5.76 Å². The lowest BCUT2D eigenvalue weighted by molar-refractivity contribution is -0.0115. The van der Waals surface area contributed by atoms with E-state index >= 15 is 0 Å². The molecule has 3 aromatic rings. The Bertz CT molecular complexity index is 1680. The Balaban J connectivity index is 1.63. The number of urea groups is 1. The molecule has 4 atom stereocenters. The minimum atomic E-state index is -4.11. The van der Waals surface area contributed by atoms with E-state index in [1.807, 2.05) is 13.8 Å². The zero-order valence-electron chi connectivity index (χ0n) is 28.7. The minimum Gasteiger partial charge on any atom is -0.490 e. The number of halogens is 1. The number of likely N-dealkylation sites (N-methyl/N-ethyl adjacent to an activating group) is 1. The molecule has 2 aromatic carbocycles. The first-order valence-electron chi connectivity index (χ1n) is 16.3. The van der Waals surface area contributed by atoms with Gasteiger partial charge in [0.1, 0.15) is 22.9 Å². The third-order valence-corrected chi connectivity index (χ3v) is 9.89. The second kappa shape index (κ2) is 16.5. The van der Waals surface area contributed by atoms with Crippen LogP contribution in [0.4, 0.5) is 20.6 Å². The van der Waals surface area contributed by atoms with Crippen LogP contribution in [0.25, 0.3) is 0 Å². The smallest absolute Gasteiger partial charge is 0.321 e. The molecule has 3 N–H and O–H groups in total. The minimum absolute atomic E-state index is 0.101. The van der Waals surface area contributed by atoms with Crippen molar-refractivity contribution in [3.63, 3.8) is 0 Å². The number of nitrogens with zero attached hydrogens (tertiary/aromatic N) is 3. The molecular formula is C34H46FN5O8S. The number of hydrogen-bond acceptors (Lipinski definition) is 9. The van der Waals surface area contributed by atoms with E-state index in [1.165, 1.54) is 21.9 Å².